The highest BCUT2D eigenvalue weighted by Crippen LogP contribution is 2.31. The number of carbonyl (C=O) groups is 1. The fraction of sp³-hybridized carbons (Fsp3) is 0.400. The van der Waals surface area contributed by atoms with Gasteiger partial charge in [-0.2, -0.15) is 0 Å². The molecule has 0 aliphatic heterocycles. The van der Waals surface area contributed by atoms with E-state index in [9.17, 15) is 4.79 Å². The third-order valence-electron chi connectivity index (χ3n) is 0.802. The fourth-order valence-corrected chi connectivity index (χ4v) is 0.431. The van der Waals surface area contributed by atoms with Gasteiger partial charge in [0, 0.05) is 6.08 Å². The van der Waals surface area contributed by atoms with Crippen LogP contribution in [0.4, 0.5) is 0 Å². The molecule has 0 aromatic rings. The third-order valence-corrected chi connectivity index (χ3v) is 1.46. The molecule has 0 spiro atoms. The highest BCUT2D eigenvalue weighted by molar-refractivity contribution is 6.69. The second-order valence-electron chi connectivity index (χ2n) is 1.62. The van der Waals surface area contributed by atoms with Gasteiger partial charge in [-0.05, 0) is 0 Å². The number of methoxy groups -OCH3 is 1. The van der Waals surface area contributed by atoms with Crippen LogP contribution in [0.3, 0.4) is 0 Å². The Morgan fingerprint density at radius 2 is 2.00 bits per heavy atom. The van der Waals surface area contributed by atoms with Crippen LogP contribution in [-0.2, 0) is 9.53 Å². The van der Waals surface area contributed by atoms with E-state index < -0.39 is 9.76 Å². The van der Waals surface area contributed by atoms with Gasteiger partial charge in [0.05, 0.1) is 12.8 Å². The molecule has 0 amide bonds. The molecule has 0 saturated carbocycles. The molecular weight excluding hydrogens is 212 g/mol. The maximum Gasteiger partial charge on any atom is 0.332 e. The van der Waals surface area contributed by atoms with Crippen molar-refractivity contribution in [3.05, 3.63) is 11.8 Å². The molecule has 0 aliphatic rings. The summed E-state index contributed by atoms with van der Waals surface area (Å²) in [7, 11) is 1.20. The van der Waals surface area contributed by atoms with Crippen molar-refractivity contribution in [2.24, 2.45) is 5.73 Å². The van der Waals surface area contributed by atoms with Gasteiger partial charge in [-0.1, -0.05) is 34.8 Å². The van der Waals surface area contributed by atoms with E-state index in [2.05, 4.69) is 4.74 Å². The van der Waals surface area contributed by atoms with Crippen molar-refractivity contribution < 1.29 is 9.53 Å². The zero-order valence-electron chi connectivity index (χ0n) is 5.61. The predicted molar refractivity (Wildman–Crippen MR) is 44.6 cm³/mol. The molecule has 6 heteroatoms. The van der Waals surface area contributed by atoms with E-state index in [1.165, 1.54) is 7.11 Å². The molecule has 0 unspecified atom stereocenters. The Balaban J connectivity index is 4.35. The standard InChI is InChI=1S/C5H6Cl3NO2/c1-11-4(10)2-3(9)5(6,7)8/h2H,9H2,1H3/b3-2+. The van der Waals surface area contributed by atoms with Gasteiger partial charge in [-0.25, -0.2) is 4.79 Å². The molecule has 0 radical (unpaired) electrons. The average molecular weight is 218 g/mol. The maximum atomic E-state index is 10.5. The maximum absolute atomic E-state index is 10.5. The first kappa shape index (κ1) is 10.9. The van der Waals surface area contributed by atoms with Crippen molar-refractivity contribution in [2.75, 3.05) is 7.11 Å². The molecule has 3 nitrogen and oxygen atoms in total. The normalized spacial score (nSPS) is 12.9. The van der Waals surface area contributed by atoms with E-state index in [0.717, 1.165) is 6.08 Å². The van der Waals surface area contributed by atoms with Gasteiger partial charge in [0.15, 0.2) is 0 Å². The zero-order chi connectivity index (χ0) is 9.07. The number of nitrogens with two attached hydrogens (primary N) is 1. The second kappa shape index (κ2) is 4.04. The number of allylic oxidation sites excluding steroid dienone is 1. The van der Waals surface area contributed by atoms with E-state index in [-0.39, 0.29) is 5.70 Å². The van der Waals surface area contributed by atoms with Gasteiger partial charge in [0.2, 0.25) is 3.79 Å². The monoisotopic (exact) mass is 217 g/mol. The molecule has 0 aromatic carbocycles. The number of esters is 1. The van der Waals surface area contributed by atoms with Crippen molar-refractivity contribution in [1.82, 2.24) is 0 Å². The van der Waals surface area contributed by atoms with Gasteiger partial charge in [0.1, 0.15) is 0 Å². The Labute approximate surface area is 79.0 Å². The summed E-state index contributed by atoms with van der Waals surface area (Å²) in [5.41, 5.74) is 5.02. The molecule has 64 valence electrons. The first-order chi connectivity index (χ1) is 4.88. The lowest BCUT2D eigenvalue weighted by Gasteiger charge is -2.09. The summed E-state index contributed by atoms with van der Waals surface area (Å²) >= 11 is 15.9. The number of halogens is 3. The van der Waals surface area contributed by atoms with Crippen molar-refractivity contribution in [3.8, 4) is 0 Å². The minimum Gasteiger partial charge on any atom is -0.466 e. The second-order valence-corrected chi connectivity index (χ2v) is 3.90. The van der Waals surface area contributed by atoms with E-state index >= 15 is 0 Å². The Morgan fingerprint density at radius 3 is 2.27 bits per heavy atom. The molecule has 0 heterocycles. The molecule has 0 aromatic heterocycles. The molecule has 0 bridgehead atoms. The quantitative estimate of drug-likeness (QED) is 0.411. The summed E-state index contributed by atoms with van der Waals surface area (Å²) in [6, 6.07) is 0. The van der Waals surface area contributed by atoms with Gasteiger partial charge in [-0.15, -0.1) is 0 Å². The summed E-state index contributed by atoms with van der Waals surface area (Å²) < 4.78 is 2.49. The molecular formula is C5H6Cl3NO2. The zero-order valence-corrected chi connectivity index (χ0v) is 7.87. The molecule has 2 N–H and O–H groups in total. The fourth-order valence-electron chi connectivity index (χ4n) is 0.268. The van der Waals surface area contributed by atoms with E-state index in [0.29, 0.717) is 0 Å². The van der Waals surface area contributed by atoms with Crippen molar-refractivity contribution in [2.45, 2.75) is 3.79 Å². The van der Waals surface area contributed by atoms with Gasteiger partial charge in [0.25, 0.3) is 0 Å². The van der Waals surface area contributed by atoms with Crippen LogP contribution in [0.2, 0.25) is 0 Å². The molecule has 0 rings (SSSR count). The van der Waals surface area contributed by atoms with Crippen LogP contribution in [-0.4, -0.2) is 16.9 Å². The van der Waals surface area contributed by atoms with Gasteiger partial charge in [-0.3, -0.25) is 0 Å². The van der Waals surface area contributed by atoms with E-state index in [4.69, 9.17) is 40.5 Å². The highest BCUT2D eigenvalue weighted by atomic mass is 35.6. The molecule has 0 atom stereocenters. The van der Waals surface area contributed by atoms with Crippen molar-refractivity contribution in [3.63, 3.8) is 0 Å². The SMILES string of the molecule is COC(=O)/C=C(/N)C(Cl)(Cl)Cl. The lowest BCUT2D eigenvalue weighted by atomic mass is 10.4. The van der Waals surface area contributed by atoms with Crippen LogP contribution in [0.15, 0.2) is 11.8 Å². The van der Waals surface area contributed by atoms with Crippen LogP contribution in [0.1, 0.15) is 0 Å². The van der Waals surface area contributed by atoms with Crippen LogP contribution in [0, 0.1) is 0 Å². The van der Waals surface area contributed by atoms with Crippen LogP contribution >= 0.6 is 34.8 Å². The number of ether oxygens (including phenoxy) is 1. The van der Waals surface area contributed by atoms with Crippen molar-refractivity contribution >= 4 is 40.8 Å². The number of hydrogen-bond donors (Lipinski definition) is 1. The average Bonchev–Trinajstić information content (AvgIpc) is 1.85. The largest absolute Gasteiger partial charge is 0.466 e. The number of alkyl halides is 3. The summed E-state index contributed by atoms with van der Waals surface area (Å²) in [5.74, 6) is -0.658. The van der Waals surface area contributed by atoms with Gasteiger partial charge >= 0.3 is 5.97 Å². The van der Waals surface area contributed by atoms with Crippen LogP contribution in [0.5, 0.6) is 0 Å². The first-order valence-corrected chi connectivity index (χ1v) is 3.63. The Morgan fingerprint density at radius 1 is 1.55 bits per heavy atom. The topological polar surface area (TPSA) is 52.3 Å². The van der Waals surface area contributed by atoms with E-state index in [1.54, 1.807) is 0 Å². The minimum atomic E-state index is -1.76. The van der Waals surface area contributed by atoms with Crippen LogP contribution < -0.4 is 5.73 Å². The molecule has 0 saturated heterocycles. The minimum absolute atomic E-state index is 0.172. The van der Waals surface area contributed by atoms with E-state index in [1.807, 2.05) is 0 Å². The lowest BCUT2D eigenvalue weighted by molar-refractivity contribution is -0.134. The predicted octanol–water partition coefficient (Wildman–Crippen LogP) is 1.37. The first-order valence-electron chi connectivity index (χ1n) is 2.50. The summed E-state index contributed by atoms with van der Waals surface area (Å²) in [6.45, 7) is 0. The summed E-state index contributed by atoms with van der Waals surface area (Å²) in [5, 5.41) is 0. The van der Waals surface area contributed by atoms with Gasteiger partial charge < -0.3 is 10.5 Å². The Hall–Kier alpha value is -0.120. The Bertz CT molecular complexity index is 185. The lowest BCUT2D eigenvalue weighted by Crippen LogP contribution is -2.17. The summed E-state index contributed by atoms with van der Waals surface area (Å²) in [6.07, 6.45) is 0.910. The molecule has 0 aliphatic carbocycles. The Kier molecular flexibility index (Phi) is 4.00. The summed E-state index contributed by atoms with van der Waals surface area (Å²) in [4.78, 5) is 10.5. The molecule has 11 heavy (non-hydrogen) atoms. The number of hydrogen-bond acceptors (Lipinski definition) is 3. The number of carbonyl (C=O) groups excluding carboxylic acids is 1. The van der Waals surface area contributed by atoms with Crippen molar-refractivity contribution in [1.29, 1.82) is 0 Å². The van der Waals surface area contributed by atoms with Crippen LogP contribution in [0.25, 0.3) is 0 Å². The number of rotatable bonds is 1. The molecule has 0 fully saturated rings. The third kappa shape index (κ3) is 4.35. The highest BCUT2D eigenvalue weighted by Gasteiger charge is 2.24. The smallest absolute Gasteiger partial charge is 0.332 e.